The molecule has 1 saturated carbocycles. The summed E-state index contributed by atoms with van der Waals surface area (Å²) in [5.41, 5.74) is 0.336. The van der Waals surface area contributed by atoms with Crippen molar-refractivity contribution in [2.45, 2.75) is 58.2 Å². The second kappa shape index (κ2) is 4.77. The number of nitrogens with zero attached hydrogens (tertiary/aromatic N) is 1. The molecule has 3 atom stereocenters. The van der Waals surface area contributed by atoms with Crippen molar-refractivity contribution in [3.05, 3.63) is 0 Å². The van der Waals surface area contributed by atoms with E-state index in [1.165, 1.54) is 38.9 Å². The number of likely N-dealkylation sites (tertiary alicyclic amines) is 1. The molecule has 0 aromatic rings. The lowest BCUT2D eigenvalue weighted by Gasteiger charge is -2.56. The number of hydrogen-bond donors (Lipinski definition) is 1. The fourth-order valence-corrected chi connectivity index (χ4v) is 4.33. The van der Waals surface area contributed by atoms with E-state index < -0.39 is 0 Å². The van der Waals surface area contributed by atoms with Gasteiger partial charge in [0.05, 0.1) is 6.10 Å². The summed E-state index contributed by atoms with van der Waals surface area (Å²) < 4.78 is 5.87. The molecule has 3 fully saturated rings. The van der Waals surface area contributed by atoms with Crippen molar-refractivity contribution < 1.29 is 4.74 Å². The van der Waals surface area contributed by atoms with Crippen LogP contribution in [-0.2, 0) is 4.74 Å². The third-order valence-corrected chi connectivity index (χ3v) is 5.55. The van der Waals surface area contributed by atoms with Crippen molar-refractivity contribution in [1.82, 2.24) is 10.2 Å². The molecule has 2 aliphatic heterocycles. The summed E-state index contributed by atoms with van der Waals surface area (Å²) in [6.07, 6.45) is 4.42. The Labute approximate surface area is 111 Å². The van der Waals surface area contributed by atoms with Gasteiger partial charge in [0.2, 0.25) is 0 Å². The predicted molar refractivity (Wildman–Crippen MR) is 73.7 cm³/mol. The van der Waals surface area contributed by atoms with Gasteiger partial charge in [0, 0.05) is 30.0 Å². The monoisotopic (exact) mass is 252 g/mol. The van der Waals surface area contributed by atoms with E-state index in [0.717, 1.165) is 18.6 Å². The van der Waals surface area contributed by atoms with Crippen LogP contribution in [0.5, 0.6) is 0 Å². The van der Waals surface area contributed by atoms with E-state index in [1.54, 1.807) is 0 Å². The van der Waals surface area contributed by atoms with Gasteiger partial charge in [-0.25, -0.2) is 0 Å². The van der Waals surface area contributed by atoms with Crippen LogP contribution >= 0.6 is 0 Å². The molecule has 2 heterocycles. The first-order valence-corrected chi connectivity index (χ1v) is 7.73. The van der Waals surface area contributed by atoms with Crippen molar-refractivity contribution in [3.8, 4) is 0 Å². The zero-order valence-electron chi connectivity index (χ0n) is 12.1. The summed E-state index contributed by atoms with van der Waals surface area (Å²) in [5, 5.41) is 3.95. The molecule has 0 aromatic heterocycles. The van der Waals surface area contributed by atoms with E-state index >= 15 is 0 Å². The maximum Gasteiger partial charge on any atom is 0.0685 e. The van der Waals surface area contributed by atoms with Crippen LogP contribution in [0.3, 0.4) is 0 Å². The lowest BCUT2D eigenvalue weighted by Crippen LogP contribution is -2.67. The number of nitrogens with one attached hydrogen (secondary N) is 1. The minimum Gasteiger partial charge on any atom is -0.377 e. The van der Waals surface area contributed by atoms with Crippen molar-refractivity contribution in [1.29, 1.82) is 0 Å². The Morgan fingerprint density at radius 3 is 2.61 bits per heavy atom. The van der Waals surface area contributed by atoms with Crippen LogP contribution in [-0.4, -0.2) is 49.3 Å². The maximum absolute atomic E-state index is 5.87. The second-order valence-electron chi connectivity index (χ2n) is 6.92. The van der Waals surface area contributed by atoms with Crippen molar-refractivity contribution in [3.63, 3.8) is 0 Å². The van der Waals surface area contributed by atoms with Gasteiger partial charge in [-0.1, -0.05) is 20.8 Å². The van der Waals surface area contributed by atoms with Gasteiger partial charge in [0.15, 0.2) is 0 Å². The average molecular weight is 252 g/mol. The number of hydrogen-bond acceptors (Lipinski definition) is 3. The SMILES string of the molecule is CCN1CCC(NC2C3CCOC3C2(C)C)CC1. The number of fused-ring (bicyclic) bond motifs is 1. The number of piperidine rings is 1. The van der Waals surface area contributed by atoms with Crippen LogP contribution in [0, 0.1) is 11.3 Å². The van der Waals surface area contributed by atoms with Crippen molar-refractivity contribution in [2.75, 3.05) is 26.2 Å². The molecule has 0 bridgehead atoms. The Morgan fingerprint density at radius 1 is 1.22 bits per heavy atom. The van der Waals surface area contributed by atoms with Gasteiger partial charge < -0.3 is 15.0 Å². The molecule has 1 aliphatic carbocycles. The molecular formula is C15H28N2O. The summed E-state index contributed by atoms with van der Waals surface area (Å²) in [6.45, 7) is 11.7. The zero-order valence-corrected chi connectivity index (χ0v) is 12.1. The smallest absolute Gasteiger partial charge is 0.0685 e. The first-order chi connectivity index (χ1) is 8.63. The topological polar surface area (TPSA) is 24.5 Å². The Hall–Kier alpha value is -0.120. The first-order valence-electron chi connectivity index (χ1n) is 7.73. The van der Waals surface area contributed by atoms with Crippen LogP contribution in [0.25, 0.3) is 0 Å². The Bertz CT molecular complexity index is 297. The molecule has 0 aromatic carbocycles. The molecule has 18 heavy (non-hydrogen) atoms. The first kappa shape index (κ1) is 12.9. The molecular weight excluding hydrogens is 224 g/mol. The Morgan fingerprint density at radius 2 is 1.94 bits per heavy atom. The van der Waals surface area contributed by atoms with E-state index in [9.17, 15) is 0 Å². The van der Waals surface area contributed by atoms with Crippen molar-refractivity contribution in [2.24, 2.45) is 11.3 Å². The van der Waals surface area contributed by atoms with Crippen LogP contribution in [0.1, 0.15) is 40.0 Å². The van der Waals surface area contributed by atoms with Gasteiger partial charge in [-0.2, -0.15) is 0 Å². The minimum absolute atomic E-state index is 0.336. The largest absolute Gasteiger partial charge is 0.377 e. The molecule has 2 saturated heterocycles. The van der Waals surface area contributed by atoms with Crippen LogP contribution < -0.4 is 5.32 Å². The maximum atomic E-state index is 5.87. The van der Waals surface area contributed by atoms with E-state index in [1.807, 2.05) is 0 Å². The van der Waals surface area contributed by atoms with Gasteiger partial charge >= 0.3 is 0 Å². The fraction of sp³-hybridized carbons (Fsp3) is 1.00. The average Bonchev–Trinajstić information content (AvgIpc) is 2.83. The highest BCUT2D eigenvalue weighted by atomic mass is 16.5. The van der Waals surface area contributed by atoms with Gasteiger partial charge in [-0.05, 0) is 38.9 Å². The molecule has 3 heteroatoms. The van der Waals surface area contributed by atoms with Gasteiger partial charge in [0.25, 0.3) is 0 Å². The second-order valence-corrected chi connectivity index (χ2v) is 6.92. The van der Waals surface area contributed by atoms with Crippen LogP contribution in [0.15, 0.2) is 0 Å². The Balaban J connectivity index is 1.54. The zero-order chi connectivity index (χ0) is 12.8. The summed E-state index contributed by atoms with van der Waals surface area (Å²) in [4.78, 5) is 2.56. The number of rotatable bonds is 3. The standard InChI is InChI=1S/C15H28N2O/c1-4-17-8-5-11(6-9-17)16-13-12-7-10-18-14(12)15(13,2)3/h11-14,16H,4-10H2,1-3H3. The molecule has 3 unspecified atom stereocenters. The fourth-order valence-electron chi connectivity index (χ4n) is 4.33. The number of ether oxygens (including phenoxy) is 1. The highest BCUT2D eigenvalue weighted by Crippen LogP contribution is 2.52. The van der Waals surface area contributed by atoms with Crippen LogP contribution in [0.4, 0.5) is 0 Å². The molecule has 0 amide bonds. The lowest BCUT2D eigenvalue weighted by molar-refractivity contribution is -0.116. The Kier molecular flexibility index (Phi) is 3.41. The predicted octanol–water partition coefficient (Wildman–Crippen LogP) is 1.87. The summed E-state index contributed by atoms with van der Waals surface area (Å²) in [6, 6.07) is 1.42. The lowest BCUT2D eigenvalue weighted by atomic mass is 9.57. The molecule has 3 aliphatic rings. The van der Waals surface area contributed by atoms with E-state index in [2.05, 4.69) is 31.0 Å². The van der Waals surface area contributed by atoms with Gasteiger partial charge in [-0.15, -0.1) is 0 Å². The molecule has 3 rings (SSSR count). The van der Waals surface area contributed by atoms with Gasteiger partial charge in [-0.3, -0.25) is 0 Å². The molecule has 0 radical (unpaired) electrons. The van der Waals surface area contributed by atoms with Crippen LogP contribution in [0.2, 0.25) is 0 Å². The normalized spacial score (nSPS) is 40.5. The highest BCUT2D eigenvalue weighted by Gasteiger charge is 2.59. The quantitative estimate of drug-likeness (QED) is 0.830. The summed E-state index contributed by atoms with van der Waals surface area (Å²) >= 11 is 0. The van der Waals surface area contributed by atoms with E-state index in [-0.39, 0.29) is 0 Å². The van der Waals surface area contributed by atoms with Gasteiger partial charge in [0.1, 0.15) is 0 Å². The summed E-state index contributed by atoms with van der Waals surface area (Å²) in [5.74, 6) is 0.782. The summed E-state index contributed by atoms with van der Waals surface area (Å²) in [7, 11) is 0. The third-order valence-electron chi connectivity index (χ3n) is 5.55. The third kappa shape index (κ3) is 2.00. The highest BCUT2D eigenvalue weighted by molar-refractivity contribution is 5.12. The minimum atomic E-state index is 0.336. The molecule has 0 spiro atoms. The van der Waals surface area contributed by atoms with E-state index in [0.29, 0.717) is 17.6 Å². The molecule has 3 nitrogen and oxygen atoms in total. The molecule has 1 N–H and O–H groups in total. The molecule has 104 valence electrons. The van der Waals surface area contributed by atoms with E-state index in [4.69, 9.17) is 4.74 Å². The van der Waals surface area contributed by atoms with Crippen molar-refractivity contribution >= 4 is 0 Å².